The first-order valence-corrected chi connectivity index (χ1v) is 8.11. The zero-order valence-corrected chi connectivity index (χ0v) is 13.1. The third kappa shape index (κ3) is 3.65. The quantitative estimate of drug-likeness (QED) is 0.887. The van der Waals surface area contributed by atoms with Gasteiger partial charge in [0.25, 0.3) is 0 Å². The summed E-state index contributed by atoms with van der Waals surface area (Å²) in [4.78, 5) is 16.4. The van der Waals surface area contributed by atoms with Gasteiger partial charge < -0.3 is 15.0 Å². The number of carbonyl (C=O) groups is 1. The largest absolute Gasteiger partial charge is 0.352 e. The number of piperidine rings is 1. The fourth-order valence-corrected chi connectivity index (χ4v) is 3.16. The highest BCUT2D eigenvalue weighted by Crippen LogP contribution is 2.22. The van der Waals surface area contributed by atoms with Crippen LogP contribution in [0.2, 0.25) is 0 Å². The van der Waals surface area contributed by atoms with Gasteiger partial charge >= 0.3 is 0 Å². The van der Waals surface area contributed by atoms with E-state index in [0.29, 0.717) is 24.8 Å². The Balaban J connectivity index is 1.48. The van der Waals surface area contributed by atoms with Crippen molar-refractivity contribution in [2.45, 2.75) is 32.7 Å². The molecule has 3 rings (SSSR count). The molecule has 0 saturated carbocycles. The van der Waals surface area contributed by atoms with E-state index in [-0.39, 0.29) is 5.91 Å². The zero-order valence-electron chi connectivity index (χ0n) is 13.1. The van der Waals surface area contributed by atoms with Crippen LogP contribution in [0.4, 0.5) is 0 Å². The van der Waals surface area contributed by atoms with Crippen molar-refractivity contribution in [2.24, 2.45) is 11.8 Å². The normalized spacial score (nSPS) is 20.0. The maximum absolute atomic E-state index is 12.1. The number of carbonyl (C=O) groups excluding carboxylic acids is 1. The van der Waals surface area contributed by atoms with Crippen molar-refractivity contribution in [2.75, 3.05) is 13.1 Å². The predicted molar refractivity (Wildman–Crippen MR) is 86.4 cm³/mol. The Hall–Kier alpha value is -1.88. The van der Waals surface area contributed by atoms with Gasteiger partial charge in [-0.15, -0.1) is 0 Å². The Morgan fingerprint density at radius 2 is 2.45 bits per heavy atom. The van der Waals surface area contributed by atoms with E-state index in [1.807, 2.05) is 28.9 Å². The molecule has 0 aliphatic carbocycles. The van der Waals surface area contributed by atoms with Crippen LogP contribution in [0.3, 0.4) is 0 Å². The van der Waals surface area contributed by atoms with Gasteiger partial charge in [-0.2, -0.15) is 0 Å². The summed E-state index contributed by atoms with van der Waals surface area (Å²) in [6.07, 6.45) is 8.73. The molecule has 2 atom stereocenters. The van der Waals surface area contributed by atoms with Crippen LogP contribution in [0, 0.1) is 11.8 Å². The zero-order chi connectivity index (χ0) is 15.4. The Labute approximate surface area is 131 Å². The molecule has 2 unspecified atom stereocenters. The number of pyridine rings is 1. The standard InChI is InChI=1S/C17H24N4O/c1-13(15-3-2-5-18-12-15)9-17(22)20-11-14-4-7-21-8-6-19-16(21)10-14/h4,6-8,10,13,15,18H,2-3,5,9,11-12H2,1H3,(H,20,22). The molecule has 1 aliphatic rings. The van der Waals surface area contributed by atoms with E-state index < -0.39 is 0 Å². The smallest absolute Gasteiger partial charge is 0.220 e. The Morgan fingerprint density at radius 3 is 3.27 bits per heavy atom. The van der Waals surface area contributed by atoms with Crippen molar-refractivity contribution in [1.29, 1.82) is 0 Å². The van der Waals surface area contributed by atoms with E-state index in [2.05, 4.69) is 22.5 Å². The highest BCUT2D eigenvalue weighted by Gasteiger charge is 2.21. The molecule has 0 bridgehead atoms. The molecule has 2 aromatic rings. The van der Waals surface area contributed by atoms with Gasteiger partial charge in [-0.05, 0) is 55.5 Å². The maximum atomic E-state index is 12.1. The molecule has 2 aromatic heterocycles. The van der Waals surface area contributed by atoms with Gasteiger partial charge in [0.05, 0.1) is 0 Å². The lowest BCUT2D eigenvalue weighted by Gasteiger charge is -2.28. The minimum atomic E-state index is 0.140. The number of nitrogens with zero attached hydrogens (tertiary/aromatic N) is 2. The van der Waals surface area contributed by atoms with Crippen molar-refractivity contribution in [3.05, 3.63) is 36.3 Å². The minimum absolute atomic E-state index is 0.140. The first-order chi connectivity index (χ1) is 10.7. The van der Waals surface area contributed by atoms with E-state index in [0.717, 1.165) is 24.3 Å². The average Bonchev–Trinajstić information content (AvgIpc) is 3.01. The molecular weight excluding hydrogens is 276 g/mol. The second-order valence-corrected chi connectivity index (χ2v) is 6.29. The number of fused-ring (bicyclic) bond motifs is 1. The van der Waals surface area contributed by atoms with Gasteiger partial charge in [-0.25, -0.2) is 4.98 Å². The van der Waals surface area contributed by atoms with Gasteiger partial charge in [-0.1, -0.05) is 6.92 Å². The summed E-state index contributed by atoms with van der Waals surface area (Å²) in [6, 6.07) is 4.03. The third-order valence-corrected chi connectivity index (χ3v) is 4.60. The first kappa shape index (κ1) is 15.0. The minimum Gasteiger partial charge on any atom is -0.352 e. The Bertz CT molecular complexity index is 630. The summed E-state index contributed by atoms with van der Waals surface area (Å²) in [7, 11) is 0. The number of hydrogen-bond donors (Lipinski definition) is 2. The second-order valence-electron chi connectivity index (χ2n) is 6.29. The van der Waals surface area contributed by atoms with Crippen LogP contribution in [-0.2, 0) is 11.3 Å². The molecule has 22 heavy (non-hydrogen) atoms. The van der Waals surface area contributed by atoms with Crippen LogP contribution in [0.1, 0.15) is 31.7 Å². The maximum Gasteiger partial charge on any atom is 0.220 e. The van der Waals surface area contributed by atoms with Crippen LogP contribution < -0.4 is 10.6 Å². The van der Waals surface area contributed by atoms with Crippen molar-refractivity contribution >= 4 is 11.6 Å². The Morgan fingerprint density at radius 1 is 1.55 bits per heavy atom. The van der Waals surface area contributed by atoms with E-state index in [9.17, 15) is 4.79 Å². The van der Waals surface area contributed by atoms with Crippen molar-refractivity contribution < 1.29 is 4.79 Å². The van der Waals surface area contributed by atoms with Crippen molar-refractivity contribution in [1.82, 2.24) is 20.0 Å². The monoisotopic (exact) mass is 300 g/mol. The van der Waals surface area contributed by atoms with E-state index in [1.165, 1.54) is 12.8 Å². The van der Waals surface area contributed by atoms with Gasteiger partial charge in [0.2, 0.25) is 5.91 Å². The second kappa shape index (κ2) is 6.92. The number of hydrogen-bond acceptors (Lipinski definition) is 3. The summed E-state index contributed by atoms with van der Waals surface area (Å²) in [6.45, 7) is 4.92. The molecule has 0 aromatic carbocycles. The summed E-state index contributed by atoms with van der Waals surface area (Å²) in [5, 5.41) is 6.45. The average molecular weight is 300 g/mol. The molecular formula is C17H24N4O. The SMILES string of the molecule is CC(CC(=O)NCc1ccn2ccnc2c1)C1CCCNC1. The van der Waals surface area contributed by atoms with Gasteiger partial charge in [-0.3, -0.25) is 4.79 Å². The Kier molecular flexibility index (Phi) is 4.73. The van der Waals surface area contributed by atoms with Gasteiger partial charge in [0.1, 0.15) is 5.65 Å². The van der Waals surface area contributed by atoms with Crippen LogP contribution in [0.15, 0.2) is 30.7 Å². The summed E-state index contributed by atoms with van der Waals surface area (Å²) < 4.78 is 1.96. The highest BCUT2D eigenvalue weighted by atomic mass is 16.1. The summed E-state index contributed by atoms with van der Waals surface area (Å²) >= 11 is 0. The van der Waals surface area contributed by atoms with Crippen LogP contribution in [0.25, 0.3) is 5.65 Å². The molecule has 3 heterocycles. The lowest BCUT2D eigenvalue weighted by atomic mass is 9.85. The molecule has 5 nitrogen and oxygen atoms in total. The molecule has 1 amide bonds. The topological polar surface area (TPSA) is 58.4 Å². The number of aromatic nitrogens is 2. The van der Waals surface area contributed by atoms with Crippen LogP contribution in [0.5, 0.6) is 0 Å². The summed E-state index contributed by atoms with van der Waals surface area (Å²) in [5.74, 6) is 1.20. The van der Waals surface area contributed by atoms with E-state index in [1.54, 1.807) is 6.20 Å². The number of amides is 1. The molecule has 2 N–H and O–H groups in total. The molecule has 1 aliphatic heterocycles. The molecule has 1 fully saturated rings. The fourth-order valence-electron chi connectivity index (χ4n) is 3.16. The van der Waals surface area contributed by atoms with Gasteiger partial charge in [0, 0.05) is 31.6 Å². The lowest BCUT2D eigenvalue weighted by Crippen LogP contribution is -2.35. The van der Waals surface area contributed by atoms with Crippen LogP contribution in [-0.4, -0.2) is 28.4 Å². The molecule has 1 saturated heterocycles. The predicted octanol–water partition coefficient (Wildman–Crippen LogP) is 1.98. The summed E-state index contributed by atoms with van der Waals surface area (Å²) in [5.41, 5.74) is 1.99. The molecule has 118 valence electrons. The lowest BCUT2D eigenvalue weighted by molar-refractivity contribution is -0.122. The fraction of sp³-hybridized carbons (Fsp3) is 0.529. The van der Waals surface area contributed by atoms with Crippen molar-refractivity contribution in [3.8, 4) is 0 Å². The first-order valence-electron chi connectivity index (χ1n) is 8.11. The third-order valence-electron chi connectivity index (χ3n) is 4.60. The molecule has 5 heteroatoms. The van der Waals surface area contributed by atoms with Crippen molar-refractivity contribution in [3.63, 3.8) is 0 Å². The van der Waals surface area contributed by atoms with Gasteiger partial charge in [0.15, 0.2) is 0 Å². The van der Waals surface area contributed by atoms with Crippen LogP contribution >= 0.6 is 0 Å². The van der Waals surface area contributed by atoms with E-state index >= 15 is 0 Å². The molecule has 0 radical (unpaired) electrons. The molecule has 0 spiro atoms. The van der Waals surface area contributed by atoms with E-state index in [4.69, 9.17) is 0 Å². The number of imidazole rings is 1. The number of nitrogens with one attached hydrogen (secondary N) is 2. The highest BCUT2D eigenvalue weighted by molar-refractivity contribution is 5.76. The number of rotatable bonds is 5.